The molecule has 59 heavy (non-hydrogen) atoms. The van der Waals surface area contributed by atoms with E-state index in [0.717, 1.165) is 11.1 Å². The molecule has 0 bridgehead atoms. The lowest BCUT2D eigenvalue weighted by atomic mass is 9.86. The molecule has 0 aliphatic carbocycles. The van der Waals surface area contributed by atoms with Gasteiger partial charge in [0, 0.05) is 12.8 Å². The summed E-state index contributed by atoms with van der Waals surface area (Å²) >= 11 is 0. The average molecular weight is 843 g/mol. The number of carbonyl (C=O) groups is 1. The van der Waals surface area contributed by atoms with Gasteiger partial charge in [0.15, 0.2) is 24.0 Å². The van der Waals surface area contributed by atoms with Crippen molar-refractivity contribution in [2.75, 3.05) is 26.4 Å². The number of hydrogen-bond acceptors (Lipinski definition) is 12. The molecule has 2 aromatic rings. The zero-order valence-corrected chi connectivity index (χ0v) is 38.3. The summed E-state index contributed by atoms with van der Waals surface area (Å²) < 4.78 is 73.4. The fraction of sp³-hybridized carbons (Fsp3) is 0.717. The summed E-state index contributed by atoms with van der Waals surface area (Å²) in [4.78, 5) is 12.8. The zero-order chi connectivity index (χ0) is 42.8. The van der Waals surface area contributed by atoms with Crippen molar-refractivity contribution in [2.45, 2.75) is 179 Å². The number of carbonyl (C=O) groups excluding carboxylic acids is 1. The van der Waals surface area contributed by atoms with Crippen LogP contribution in [0.1, 0.15) is 94.2 Å². The number of fused-ring (bicyclic) bond motifs is 1. The van der Waals surface area contributed by atoms with E-state index in [4.69, 9.17) is 51.8 Å². The molecule has 6 rings (SSSR count). The molecule has 4 saturated heterocycles. The molecule has 4 fully saturated rings. The van der Waals surface area contributed by atoms with Gasteiger partial charge in [-0.1, -0.05) is 109 Å². The number of esters is 1. The highest BCUT2D eigenvalue weighted by Crippen LogP contribution is 2.48. The Morgan fingerprint density at radius 2 is 1.37 bits per heavy atom. The molecular weight excluding hydrogens is 773 g/mol. The minimum absolute atomic E-state index is 0.0654. The molecule has 11 atom stereocenters. The van der Waals surface area contributed by atoms with Gasteiger partial charge >= 0.3 is 5.97 Å². The highest BCUT2D eigenvalue weighted by molar-refractivity contribution is 6.77. The number of rotatable bonds is 17. The fourth-order valence-corrected chi connectivity index (χ4v) is 15.2. The first-order valence-electron chi connectivity index (χ1n) is 21.6. The van der Waals surface area contributed by atoms with Gasteiger partial charge in [0.2, 0.25) is 8.32 Å². The Kier molecular flexibility index (Phi) is 14.9. The Labute approximate surface area is 353 Å². The summed E-state index contributed by atoms with van der Waals surface area (Å²) in [7, 11) is -2.37. The molecule has 0 saturated carbocycles. The maximum atomic E-state index is 12.8. The van der Waals surface area contributed by atoms with Crippen molar-refractivity contribution in [3.8, 4) is 0 Å². The van der Waals surface area contributed by atoms with Crippen molar-refractivity contribution in [1.29, 1.82) is 0 Å². The highest BCUT2D eigenvalue weighted by atomic mass is 28.4. The van der Waals surface area contributed by atoms with Crippen molar-refractivity contribution in [2.24, 2.45) is 5.92 Å². The molecule has 0 N–H and O–H groups in total. The Morgan fingerprint density at radius 3 is 1.97 bits per heavy atom. The Hall–Kier alpha value is -2.27. The van der Waals surface area contributed by atoms with Crippen molar-refractivity contribution in [3.63, 3.8) is 0 Å². The molecule has 0 aromatic heterocycles. The second kappa shape index (κ2) is 19.0. The number of benzene rings is 2. The first kappa shape index (κ1) is 46.2. The van der Waals surface area contributed by atoms with Gasteiger partial charge in [-0.05, 0) is 55.4 Å². The summed E-state index contributed by atoms with van der Waals surface area (Å²) in [6.07, 6.45) is -4.94. The van der Waals surface area contributed by atoms with E-state index in [-0.39, 0.29) is 32.3 Å². The van der Waals surface area contributed by atoms with Gasteiger partial charge in [-0.15, -0.1) is 0 Å². The van der Waals surface area contributed by atoms with Gasteiger partial charge < -0.3 is 51.8 Å². The monoisotopic (exact) mass is 842 g/mol. The predicted octanol–water partition coefficient (Wildman–Crippen LogP) is 8.10. The second-order valence-electron chi connectivity index (χ2n) is 18.6. The maximum Gasteiger partial charge on any atom is 0.303 e. The fourth-order valence-electron chi connectivity index (χ4n) is 9.80. The third-order valence-electron chi connectivity index (χ3n) is 12.7. The Morgan fingerprint density at radius 1 is 0.780 bits per heavy atom. The van der Waals surface area contributed by atoms with Crippen LogP contribution in [0.25, 0.3) is 0 Å². The third kappa shape index (κ3) is 10.0. The van der Waals surface area contributed by atoms with Gasteiger partial charge in [0.25, 0.3) is 0 Å². The molecule has 2 aromatic carbocycles. The van der Waals surface area contributed by atoms with E-state index in [2.05, 4.69) is 48.5 Å². The van der Waals surface area contributed by atoms with Gasteiger partial charge in [-0.25, -0.2) is 0 Å². The van der Waals surface area contributed by atoms with Gasteiger partial charge in [0.05, 0.1) is 51.8 Å². The summed E-state index contributed by atoms with van der Waals surface area (Å²) in [5.74, 6) is -1.50. The minimum Gasteiger partial charge on any atom is -0.451 e. The lowest BCUT2D eigenvalue weighted by Crippen LogP contribution is -2.65. The largest absolute Gasteiger partial charge is 0.451 e. The van der Waals surface area contributed by atoms with E-state index >= 15 is 0 Å². The smallest absolute Gasteiger partial charge is 0.303 e. The van der Waals surface area contributed by atoms with Crippen molar-refractivity contribution < 1.29 is 56.6 Å². The van der Waals surface area contributed by atoms with Gasteiger partial charge in [-0.2, -0.15) is 0 Å². The van der Waals surface area contributed by atoms with E-state index < -0.39 is 80.5 Å². The van der Waals surface area contributed by atoms with E-state index in [1.807, 2.05) is 88.4 Å². The van der Waals surface area contributed by atoms with Crippen LogP contribution >= 0.6 is 0 Å². The molecule has 13 heteroatoms. The lowest BCUT2D eigenvalue weighted by molar-refractivity contribution is -0.340. The first-order chi connectivity index (χ1) is 27.9. The number of ether oxygens (including phenoxy) is 10. The van der Waals surface area contributed by atoms with Crippen molar-refractivity contribution in [3.05, 3.63) is 71.8 Å². The molecule has 0 radical (unpaired) electrons. The molecule has 4 unspecified atom stereocenters. The molecule has 0 amide bonds. The molecule has 0 spiro atoms. The normalized spacial score (nSPS) is 34.7. The molecule has 330 valence electrons. The van der Waals surface area contributed by atoms with E-state index in [9.17, 15) is 4.79 Å². The maximum absolute atomic E-state index is 12.8. The first-order valence-corrected chi connectivity index (χ1v) is 23.7. The summed E-state index contributed by atoms with van der Waals surface area (Å²) in [5.41, 5.74) is 0.685. The van der Waals surface area contributed by atoms with Crippen molar-refractivity contribution >= 4 is 14.3 Å². The highest BCUT2D eigenvalue weighted by Gasteiger charge is 2.62. The van der Waals surface area contributed by atoms with Gasteiger partial charge in [0.1, 0.15) is 30.0 Å². The van der Waals surface area contributed by atoms with Crippen LogP contribution in [-0.2, 0) is 69.8 Å². The quantitative estimate of drug-likeness (QED) is 0.113. The summed E-state index contributed by atoms with van der Waals surface area (Å²) in [5, 5.41) is 0. The van der Waals surface area contributed by atoms with E-state index in [1.54, 1.807) is 0 Å². The molecule has 12 nitrogen and oxygen atoms in total. The topological polar surface area (TPSA) is 119 Å². The summed E-state index contributed by atoms with van der Waals surface area (Å²) in [6, 6.07) is 19.8. The third-order valence-corrected chi connectivity index (χ3v) is 18.8. The van der Waals surface area contributed by atoms with E-state index in [1.165, 1.54) is 6.92 Å². The van der Waals surface area contributed by atoms with Crippen LogP contribution in [0.4, 0.5) is 0 Å². The lowest BCUT2D eigenvalue weighted by Gasteiger charge is -2.50. The summed E-state index contributed by atoms with van der Waals surface area (Å²) in [6.45, 7) is 26.1. The molecular formula is C46H70O12Si. The SMILES string of the molecule is CC(=O)O[C@]1(COCc2ccccc2)COCC1(C)OC1[C@H](C)CO[C@@H](O[C@H]2C(C)O[C@@H](O[Si](C(C)C)(C(C)C)C(C)C)[C@H]3OC(C)(C)OC23)[C@@H]1OCc1ccccc1. The van der Waals surface area contributed by atoms with Crippen LogP contribution < -0.4 is 0 Å². The average Bonchev–Trinajstić information content (AvgIpc) is 3.67. The molecule has 4 heterocycles. The second-order valence-corrected chi connectivity index (χ2v) is 24.0. The van der Waals surface area contributed by atoms with Crippen molar-refractivity contribution in [1.82, 2.24) is 0 Å². The van der Waals surface area contributed by atoms with Crippen LogP contribution in [-0.4, -0.2) is 107 Å². The minimum atomic E-state index is -2.37. The Balaban J connectivity index is 1.28. The van der Waals surface area contributed by atoms with Gasteiger partial charge in [-0.3, -0.25) is 4.79 Å². The van der Waals surface area contributed by atoms with Crippen LogP contribution in [0.2, 0.25) is 16.6 Å². The van der Waals surface area contributed by atoms with Crippen LogP contribution in [0.5, 0.6) is 0 Å². The van der Waals surface area contributed by atoms with E-state index in [0.29, 0.717) is 29.8 Å². The van der Waals surface area contributed by atoms with Crippen LogP contribution in [0.15, 0.2) is 60.7 Å². The zero-order valence-electron chi connectivity index (χ0n) is 37.3. The van der Waals surface area contributed by atoms with Crippen LogP contribution in [0, 0.1) is 5.92 Å². The predicted molar refractivity (Wildman–Crippen MR) is 224 cm³/mol. The number of hydrogen-bond donors (Lipinski definition) is 0. The molecule has 4 aliphatic heterocycles. The van der Waals surface area contributed by atoms with Crippen LogP contribution in [0.3, 0.4) is 0 Å². The molecule has 4 aliphatic rings. The standard InChI is InChI=1S/C46H70O12Si/c1-29(2)59(30(3)4,31(5)6)58-43-41-39(55-44(10,11)56-41)38(33(8)52-43)53-42-40(50-25-36-21-17-14-18-22-36)37(32(7)23-51-42)57-45(12)26-49-28-46(45,54-34(9)47)27-48-24-35-19-15-13-16-20-35/h13-22,29-33,37-43H,23-28H2,1-12H3/t32-,33?,37?,38+,39?,40-,41+,42+,43+,45?,46-/m1/s1. The Bertz CT molecular complexity index is 1620.